The van der Waals surface area contributed by atoms with E-state index in [1.165, 1.54) is 54.8 Å². The van der Waals surface area contributed by atoms with Crippen LogP contribution in [-0.4, -0.2) is 30.3 Å². The molecular formula is C27H27F2N3O4. The monoisotopic (exact) mass is 495 g/mol. The summed E-state index contributed by atoms with van der Waals surface area (Å²) in [4.78, 5) is 40.4. The van der Waals surface area contributed by atoms with Gasteiger partial charge in [0.05, 0.1) is 18.5 Å². The quantitative estimate of drug-likeness (QED) is 0.481. The molecule has 1 heterocycles. The van der Waals surface area contributed by atoms with Gasteiger partial charge in [-0.15, -0.1) is 0 Å². The summed E-state index contributed by atoms with van der Waals surface area (Å²) in [6, 6.07) is 12.3. The lowest BCUT2D eigenvalue weighted by Gasteiger charge is -2.33. The summed E-state index contributed by atoms with van der Waals surface area (Å²) in [6.07, 6.45) is 5.81. The molecule has 0 saturated heterocycles. The summed E-state index contributed by atoms with van der Waals surface area (Å²) in [5.74, 6) is -3.57. The molecule has 0 aliphatic heterocycles. The number of nitrogens with one attached hydrogen (secondary N) is 2. The van der Waals surface area contributed by atoms with Crippen LogP contribution in [0.4, 0.5) is 14.5 Å². The highest BCUT2D eigenvalue weighted by molar-refractivity contribution is 6.04. The Bertz CT molecular complexity index is 1210. The summed E-state index contributed by atoms with van der Waals surface area (Å²) in [5, 5.41) is 5.36. The number of hydrogen-bond acceptors (Lipinski definition) is 4. The van der Waals surface area contributed by atoms with Crippen LogP contribution in [0.15, 0.2) is 71.3 Å². The zero-order chi connectivity index (χ0) is 25.5. The summed E-state index contributed by atoms with van der Waals surface area (Å²) >= 11 is 0. The van der Waals surface area contributed by atoms with Crippen molar-refractivity contribution in [3.05, 3.63) is 89.9 Å². The first-order valence-electron chi connectivity index (χ1n) is 11.9. The first-order valence-corrected chi connectivity index (χ1v) is 11.9. The summed E-state index contributed by atoms with van der Waals surface area (Å²) in [6.45, 7) is -0.574. The minimum Gasteiger partial charge on any atom is -0.459 e. The maximum absolute atomic E-state index is 15.0. The van der Waals surface area contributed by atoms with E-state index in [1.807, 2.05) is 0 Å². The van der Waals surface area contributed by atoms with Gasteiger partial charge in [-0.25, -0.2) is 8.78 Å². The second kappa shape index (κ2) is 11.6. The van der Waals surface area contributed by atoms with Crippen LogP contribution in [0.1, 0.15) is 54.3 Å². The molecule has 2 N–H and O–H groups in total. The van der Waals surface area contributed by atoms with Gasteiger partial charge >= 0.3 is 0 Å². The molecule has 4 rings (SSSR count). The molecule has 0 bridgehead atoms. The van der Waals surface area contributed by atoms with Gasteiger partial charge in [-0.2, -0.15) is 0 Å². The van der Waals surface area contributed by atoms with E-state index in [0.29, 0.717) is 0 Å². The van der Waals surface area contributed by atoms with Crippen LogP contribution in [0.3, 0.4) is 0 Å². The van der Waals surface area contributed by atoms with Crippen molar-refractivity contribution in [1.29, 1.82) is 0 Å². The third kappa shape index (κ3) is 5.79. The fourth-order valence-electron chi connectivity index (χ4n) is 4.42. The number of nitrogens with zero attached hydrogens (tertiary/aromatic N) is 1. The molecule has 1 atom stereocenters. The molecule has 1 aliphatic rings. The Balaban J connectivity index is 1.70. The number of carbonyl (C=O) groups is 3. The topological polar surface area (TPSA) is 91.7 Å². The van der Waals surface area contributed by atoms with Gasteiger partial charge in [-0.1, -0.05) is 49.6 Å². The van der Waals surface area contributed by atoms with Gasteiger partial charge in [0.2, 0.25) is 11.8 Å². The van der Waals surface area contributed by atoms with Crippen molar-refractivity contribution in [1.82, 2.24) is 10.6 Å². The molecule has 9 heteroatoms. The molecule has 3 aromatic rings. The average Bonchev–Trinajstić information content (AvgIpc) is 3.43. The molecule has 1 saturated carbocycles. The van der Waals surface area contributed by atoms with Crippen LogP contribution in [0.2, 0.25) is 0 Å². The van der Waals surface area contributed by atoms with E-state index in [-0.39, 0.29) is 23.1 Å². The van der Waals surface area contributed by atoms with Crippen LogP contribution in [0.5, 0.6) is 0 Å². The summed E-state index contributed by atoms with van der Waals surface area (Å²) in [5.41, 5.74) is -0.290. The van der Waals surface area contributed by atoms with Gasteiger partial charge in [0.25, 0.3) is 5.91 Å². The molecule has 7 nitrogen and oxygen atoms in total. The van der Waals surface area contributed by atoms with Crippen LogP contribution in [0.25, 0.3) is 0 Å². The van der Waals surface area contributed by atoms with Crippen molar-refractivity contribution in [2.75, 3.05) is 11.4 Å². The van der Waals surface area contributed by atoms with Gasteiger partial charge in [0, 0.05) is 11.6 Å². The Morgan fingerprint density at radius 2 is 1.61 bits per heavy atom. The fourth-order valence-corrected chi connectivity index (χ4v) is 4.42. The molecule has 1 aliphatic carbocycles. The maximum atomic E-state index is 15.0. The average molecular weight is 496 g/mol. The van der Waals surface area contributed by atoms with Crippen molar-refractivity contribution in [2.24, 2.45) is 0 Å². The van der Waals surface area contributed by atoms with Crippen molar-refractivity contribution in [2.45, 2.75) is 44.2 Å². The number of amides is 3. The van der Waals surface area contributed by atoms with Crippen molar-refractivity contribution >= 4 is 23.4 Å². The molecule has 0 unspecified atom stereocenters. The van der Waals surface area contributed by atoms with E-state index in [2.05, 4.69) is 10.6 Å². The van der Waals surface area contributed by atoms with Crippen LogP contribution in [0, 0.1) is 11.6 Å². The third-order valence-corrected chi connectivity index (χ3v) is 6.18. The molecular weight excluding hydrogens is 468 g/mol. The number of furan rings is 1. The van der Waals surface area contributed by atoms with Crippen LogP contribution in [-0.2, 0) is 9.59 Å². The largest absolute Gasteiger partial charge is 0.459 e. The van der Waals surface area contributed by atoms with E-state index in [1.54, 1.807) is 6.07 Å². The van der Waals surface area contributed by atoms with E-state index in [0.717, 1.165) is 43.1 Å². The maximum Gasteiger partial charge on any atom is 0.287 e. The highest BCUT2D eigenvalue weighted by atomic mass is 19.1. The third-order valence-electron chi connectivity index (χ3n) is 6.18. The first-order chi connectivity index (χ1) is 17.5. The predicted octanol–water partition coefficient (Wildman–Crippen LogP) is 4.51. The summed E-state index contributed by atoms with van der Waals surface area (Å²) < 4.78 is 35.1. The molecule has 188 valence electrons. The molecule has 3 amide bonds. The minimum absolute atomic E-state index is 0.0130. The second-order valence-electron chi connectivity index (χ2n) is 8.64. The Morgan fingerprint density at radius 3 is 2.28 bits per heavy atom. The molecule has 1 aromatic heterocycles. The Kier molecular flexibility index (Phi) is 8.10. The number of halogens is 2. The lowest BCUT2D eigenvalue weighted by molar-refractivity contribution is -0.127. The second-order valence-corrected chi connectivity index (χ2v) is 8.64. The molecule has 1 fully saturated rings. The van der Waals surface area contributed by atoms with Crippen LogP contribution < -0.4 is 15.5 Å². The normalized spacial score (nSPS) is 14.6. The molecule has 0 radical (unpaired) electrons. The zero-order valence-corrected chi connectivity index (χ0v) is 19.6. The Hall–Kier alpha value is -4.01. The van der Waals surface area contributed by atoms with E-state index < -0.39 is 41.9 Å². The highest BCUT2D eigenvalue weighted by Gasteiger charge is 2.36. The lowest BCUT2D eigenvalue weighted by Crippen LogP contribution is -2.50. The number of hydrogen-bond donors (Lipinski definition) is 2. The van der Waals surface area contributed by atoms with E-state index >= 15 is 4.39 Å². The summed E-state index contributed by atoms with van der Waals surface area (Å²) in [7, 11) is 0. The lowest BCUT2D eigenvalue weighted by atomic mass is 9.94. The van der Waals surface area contributed by atoms with Gasteiger partial charge < -0.3 is 15.1 Å². The van der Waals surface area contributed by atoms with Gasteiger partial charge in [-0.3, -0.25) is 19.3 Å². The van der Waals surface area contributed by atoms with E-state index in [4.69, 9.17) is 4.42 Å². The minimum atomic E-state index is -1.50. The van der Waals surface area contributed by atoms with Gasteiger partial charge in [0.15, 0.2) is 5.76 Å². The Morgan fingerprint density at radius 1 is 0.917 bits per heavy atom. The number of carbonyl (C=O) groups excluding carboxylic acids is 3. The molecule has 0 spiro atoms. The fraction of sp³-hybridized carbons (Fsp3) is 0.296. The number of anilines is 1. The van der Waals surface area contributed by atoms with Crippen molar-refractivity contribution < 1.29 is 27.6 Å². The highest BCUT2D eigenvalue weighted by Crippen LogP contribution is 2.32. The molecule has 2 aromatic carbocycles. The van der Waals surface area contributed by atoms with Gasteiger partial charge in [0.1, 0.15) is 17.7 Å². The number of para-hydroxylation sites is 1. The smallest absolute Gasteiger partial charge is 0.287 e. The molecule has 36 heavy (non-hydrogen) atoms. The van der Waals surface area contributed by atoms with Gasteiger partial charge in [-0.05, 0) is 43.2 Å². The van der Waals surface area contributed by atoms with Crippen molar-refractivity contribution in [3.63, 3.8) is 0 Å². The number of benzene rings is 2. The number of rotatable bonds is 8. The van der Waals surface area contributed by atoms with Crippen LogP contribution >= 0.6 is 0 Å². The Labute approximate surface area is 207 Å². The predicted molar refractivity (Wildman–Crippen MR) is 129 cm³/mol. The first kappa shape index (κ1) is 25.1. The van der Waals surface area contributed by atoms with Crippen molar-refractivity contribution in [3.8, 4) is 0 Å². The standard InChI is InChI=1S/C27H27F2N3O4/c28-20-12-5-4-11-19(20)25(27(35)31-18-9-2-1-3-10-18)32(22-14-7-6-13-21(22)29)24(33)17-30-26(34)23-15-8-16-36-23/h4-8,11-16,18,25H,1-3,9-10,17H2,(H,30,34)(H,31,35)/t25-/m0/s1. The zero-order valence-electron chi connectivity index (χ0n) is 19.6. The van der Waals surface area contributed by atoms with E-state index in [9.17, 15) is 18.8 Å². The SMILES string of the molecule is O=C(NCC(=O)N(c1ccccc1F)[C@H](C(=O)NC1CCCCC1)c1ccccc1F)c1ccco1.